The van der Waals surface area contributed by atoms with Crippen molar-refractivity contribution in [2.45, 2.75) is 13.5 Å². The summed E-state index contributed by atoms with van der Waals surface area (Å²) in [6, 6.07) is 10.0. The van der Waals surface area contributed by atoms with Crippen LogP contribution in [0.1, 0.15) is 12.5 Å². The van der Waals surface area contributed by atoms with Gasteiger partial charge in [-0.1, -0.05) is 28.9 Å². The lowest BCUT2D eigenvalue weighted by Gasteiger charge is -2.36. The Morgan fingerprint density at radius 1 is 1.21 bits per heavy atom. The minimum absolute atomic E-state index is 0.0914. The first-order valence-corrected chi connectivity index (χ1v) is 13.5. The standard InChI is InChI=1S/C27H28ClFN6O2S/c1-3-34-14-20(23-16-38-27(30)31-23)26(36)19-12-25(21(28)13-24(19)34)35-10-8-33(9-11-35)15-22(32-37-2)17-4-6-18(29)7-5-17/h4-7,12-14,16H,3,8-11,15H2,1-2H3,(H2,30,31)/b32-22-. The summed E-state index contributed by atoms with van der Waals surface area (Å²) in [6.45, 7) is 6.23. The fourth-order valence-corrected chi connectivity index (χ4v) is 5.62. The van der Waals surface area contributed by atoms with Crippen LogP contribution in [0.5, 0.6) is 0 Å². The topological polar surface area (TPSA) is 89.0 Å². The molecule has 0 atom stereocenters. The Morgan fingerprint density at radius 3 is 2.58 bits per heavy atom. The van der Waals surface area contributed by atoms with Crippen LogP contribution in [0.15, 0.2) is 57.9 Å². The minimum atomic E-state index is -0.292. The Kier molecular flexibility index (Phi) is 7.64. The highest BCUT2D eigenvalue weighted by Crippen LogP contribution is 2.32. The van der Waals surface area contributed by atoms with Crippen LogP contribution in [-0.4, -0.2) is 60.0 Å². The van der Waals surface area contributed by atoms with Crippen LogP contribution in [0.25, 0.3) is 22.2 Å². The van der Waals surface area contributed by atoms with Gasteiger partial charge in [-0.2, -0.15) is 0 Å². The van der Waals surface area contributed by atoms with Crippen molar-refractivity contribution in [1.29, 1.82) is 0 Å². The summed E-state index contributed by atoms with van der Waals surface area (Å²) in [6.07, 6.45) is 1.83. The second kappa shape index (κ2) is 11.1. The number of hydrogen-bond acceptors (Lipinski definition) is 8. The third-order valence-electron chi connectivity index (χ3n) is 6.75. The Labute approximate surface area is 228 Å². The number of fused-ring (bicyclic) bond motifs is 1. The Balaban J connectivity index is 1.39. The Morgan fingerprint density at radius 2 is 1.95 bits per heavy atom. The highest BCUT2D eigenvalue weighted by molar-refractivity contribution is 7.13. The van der Waals surface area contributed by atoms with Gasteiger partial charge in [0, 0.05) is 61.8 Å². The number of piperazine rings is 1. The summed E-state index contributed by atoms with van der Waals surface area (Å²) in [4.78, 5) is 27.4. The number of nitrogens with zero attached hydrogens (tertiary/aromatic N) is 5. The van der Waals surface area contributed by atoms with E-state index in [4.69, 9.17) is 22.2 Å². The van der Waals surface area contributed by atoms with Gasteiger partial charge >= 0.3 is 0 Å². The van der Waals surface area contributed by atoms with E-state index in [1.54, 1.807) is 17.5 Å². The number of aromatic nitrogens is 2. The van der Waals surface area contributed by atoms with Gasteiger partial charge in [0.05, 0.1) is 27.5 Å². The number of anilines is 2. The van der Waals surface area contributed by atoms with E-state index < -0.39 is 0 Å². The second-order valence-corrected chi connectivity index (χ2v) is 10.3. The number of aryl methyl sites for hydroxylation is 1. The Bertz CT molecular complexity index is 1540. The number of benzene rings is 2. The molecule has 0 unspecified atom stereocenters. The number of nitrogen functional groups attached to an aromatic ring is 1. The Hall–Kier alpha value is -3.47. The molecule has 1 saturated heterocycles. The normalized spacial score (nSPS) is 14.8. The van der Waals surface area contributed by atoms with E-state index in [0.717, 1.165) is 48.7 Å². The molecule has 2 aromatic heterocycles. The molecule has 198 valence electrons. The van der Waals surface area contributed by atoms with Gasteiger partial charge in [0.2, 0.25) is 0 Å². The molecule has 0 bridgehead atoms. The molecule has 0 amide bonds. The number of rotatable bonds is 7. The van der Waals surface area contributed by atoms with Gasteiger partial charge in [-0.05, 0) is 31.2 Å². The molecule has 38 heavy (non-hydrogen) atoms. The largest absolute Gasteiger partial charge is 0.399 e. The van der Waals surface area contributed by atoms with Crippen LogP contribution in [0.3, 0.4) is 0 Å². The summed E-state index contributed by atoms with van der Waals surface area (Å²) in [5.41, 5.74) is 10.0. The molecule has 3 heterocycles. The fourth-order valence-electron chi connectivity index (χ4n) is 4.78. The molecular weight excluding hydrogens is 527 g/mol. The molecule has 2 N–H and O–H groups in total. The molecule has 0 radical (unpaired) electrons. The van der Waals surface area contributed by atoms with E-state index in [-0.39, 0.29) is 11.2 Å². The summed E-state index contributed by atoms with van der Waals surface area (Å²) >= 11 is 8.08. The van der Waals surface area contributed by atoms with Crippen LogP contribution in [0, 0.1) is 5.82 Å². The van der Waals surface area contributed by atoms with Crippen LogP contribution >= 0.6 is 22.9 Å². The van der Waals surface area contributed by atoms with Crippen molar-refractivity contribution in [1.82, 2.24) is 14.5 Å². The quantitative estimate of drug-likeness (QED) is 0.263. The molecule has 0 aliphatic carbocycles. The first-order valence-electron chi connectivity index (χ1n) is 12.3. The molecule has 0 saturated carbocycles. The van der Waals surface area contributed by atoms with Crippen molar-refractivity contribution in [3.05, 3.63) is 74.6 Å². The number of pyridine rings is 1. The number of hydrogen-bond donors (Lipinski definition) is 1. The maximum absolute atomic E-state index is 13.5. The van der Waals surface area contributed by atoms with Gasteiger partial charge in [0.1, 0.15) is 18.6 Å². The molecule has 1 fully saturated rings. The average molecular weight is 555 g/mol. The van der Waals surface area contributed by atoms with Gasteiger partial charge in [-0.25, -0.2) is 9.37 Å². The molecule has 1 aliphatic heterocycles. The predicted octanol–water partition coefficient (Wildman–Crippen LogP) is 4.69. The van der Waals surface area contributed by atoms with Gasteiger partial charge in [-0.15, -0.1) is 11.3 Å². The smallest absolute Gasteiger partial charge is 0.198 e. The van der Waals surface area contributed by atoms with Crippen molar-refractivity contribution >= 4 is 50.4 Å². The van der Waals surface area contributed by atoms with Crippen molar-refractivity contribution in [2.75, 3.05) is 50.5 Å². The summed E-state index contributed by atoms with van der Waals surface area (Å²) in [7, 11) is 1.50. The molecule has 1 aliphatic rings. The number of halogens is 2. The number of thiazole rings is 1. The van der Waals surface area contributed by atoms with Gasteiger partial charge in [0.25, 0.3) is 0 Å². The van der Waals surface area contributed by atoms with Crippen molar-refractivity contribution in [2.24, 2.45) is 5.16 Å². The minimum Gasteiger partial charge on any atom is -0.399 e. The molecule has 5 rings (SSSR count). The van der Waals surface area contributed by atoms with Gasteiger partial charge < -0.3 is 20.0 Å². The van der Waals surface area contributed by atoms with E-state index >= 15 is 0 Å². The molecule has 11 heteroatoms. The monoisotopic (exact) mass is 554 g/mol. The lowest BCUT2D eigenvalue weighted by Crippen LogP contribution is -2.48. The second-order valence-electron chi connectivity index (χ2n) is 9.04. The summed E-state index contributed by atoms with van der Waals surface area (Å²) < 4.78 is 15.4. The van der Waals surface area contributed by atoms with Crippen LogP contribution in [-0.2, 0) is 11.4 Å². The first-order chi connectivity index (χ1) is 18.4. The number of nitrogens with two attached hydrogens (primary N) is 1. The van der Waals surface area contributed by atoms with E-state index in [9.17, 15) is 9.18 Å². The maximum atomic E-state index is 13.5. The summed E-state index contributed by atoms with van der Waals surface area (Å²) in [5, 5.41) is 7.61. The van der Waals surface area contributed by atoms with E-state index in [0.29, 0.717) is 39.9 Å². The van der Waals surface area contributed by atoms with E-state index in [1.165, 1.54) is 30.6 Å². The highest BCUT2D eigenvalue weighted by Gasteiger charge is 2.23. The van der Waals surface area contributed by atoms with Crippen LogP contribution in [0.4, 0.5) is 15.2 Å². The molecule has 2 aromatic carbocycles. The lowest BCUT2D eigenvalue weighted by molar-refractivity contribution is 0.209. The van der Waals surface area contributed by atoms with E-state index in [1.807, 2.05) is 29.8 Å². The van der Waals surface area contributed by atoms with Gasteiger partial charge in [-0.3, -0.25) is 9.69 Å². The van der Waals surface area contributed by atoms with Crippen LogP contribution in [0.2, 0.25) is 5.02 Å². The molecule has 8 nitrogen and oxygen atoms in total. The van der Waals surface area contributed by atoms with Gasteiger partial charge in [0.15, 0.2) is 10.6 Å². The maximum Gasteiger partial charge on any atom is 0.198 e. The number of oxime groups is 1. The zero-order valence-corrected chi connectivity index (χ0v) is 22.7. The van der Waals surface area contributed by atoms with Crippen molar-refractivity contribution < 1.29 is 9.23 Å². The molecule has 0 spiro atoms. The predicted molar refractivity (Wildman–Crippen MR) is 153 cm³/mol. The van der Waals surface area contributed by atoms with Crippen LogP contribution < -0.4 is 16.1 Å². The summed E-state index contributed by atoms with van der Waals surface area (Å²) in [5.74, 6) is -0.292. The van der Waals surface area contributed by atoms with Crippen molar-refractivity contribution in [3.8, 4) is 11.3 Å². The third kappa shape index (κ3) is 5.24. The third-order valence-corrected chi connectivity index (χ3v) is 7.73. The molecule has 4 aromatic rings. The average Bonchev–Trinajstić information content (AvgIpc) is 3.35. The zero-order valence-electron chi connectivity index (χ0n) is 21.2. The lowest BCUT2D eigenvalue weighted by atomic mass is 10.1. The zero-order chi connectivity index (χ0) is 26.8. The van der Waals surface area contributed by atoms with Crippen molar-refractivity contribution in [3.63, 3.8) is 0 Å². The molecular formula is C27H28ClFN6O2S. The SMILES string of the molecule is CCn1cc(-c2csc(N)n2)c(=O)c2cc(N3CCN(C/C(=N/OC)c4ccc(F)cc4)CC3)c(Cl)cc21. The first kappa shape index (κ1) is 26.1. The van der Waals surface area contributed by atoms with E-state index in [2.05, 4.69) is 19.9 Å². The fraction of sp³-hybridized carbons (Fsp3) is 0.296. The highest BCUT2D eigenvalue weighted by atomic mass is 35.5.